The Morgan fingerprint density at radius 3 is 1.03 bits per heavy atom. The summed E-state index contributed by atoms with van der Waals surface area (Å²) < 4.78 is 7.50. The van der Waals surface area contributed by atoms with Crippen LogP contribution in [0.3, 0.4) is 0 Å². The van der Waals surface area contributed by atoms with Crippen LogP contribution in [-0.2, 0) is 26.5 Å². The van der Waals surface area contributed by atoms with E-state index in [0.717, 1.165) is 0 Å². The second kappa shape index (κ2) is 19.0. The molecule has 1 fully saturated rings. The molecule has 30 heavy (non-hydrogen) atoms. The van der Waals surface area contributed by atoms with Gasteiger partial charge in [0.2, 0.25) is 0 Å². The van der Waals surface area contributed by atoms with Crippen molar-refractivity contribution in [1.82, 2.24) is 0 Å². The minimum Gasteiger partial charge on any atom is -0.0622 e. The van der Waals surface area contributed by atoms with Crippen molar-refractivity contribution in [3.63, 3.8) is 0 Å². The van der Waals surface area contributed by atoms with Gasteiger partial charge in [0.1, 0.15) is 0 Å². The standard InChI is InChI=1S/C18H15P.C5H10.C2H3O.CO.Fe/c1-4-10-16(11-5-1)19(17-12-6-2-7-13-17)18-14-8-3-9-15-18;1-2-4-5-3-1;1-2-3;1-2;/h1-15H;1-5H2;1H3;;/q;;-1;;+2. The van der Waals surface area contributed by atoms with Gasteiger partial charge in [-0.2, -0.15) is 6.92 Å². The third-order valence-electron chi connectivity index (χ3n) is 4.29. The molecule has 3 aromatic carbocycles. The minimum absolute atomic E-state index is 0. The Morgan fingerprint density at radius 1 is 0.633 bits per heavy atom. The van der Waals surface area contributed by atoms with E-state index in [1.54, 1.807) is 0 Å². The zero-order valence-corrected chi connectivity index (χ0v) is 19.3. The predicted octanol–water partition coefficient (Wildman–Crippen LogP) is 5.47. The molecule has 0 atom stereocenters. The summed E-state index contributed by atoms with van der Waals surface area (Å²) in [4.78, 5) is 8.68. The van der Waals surface area contributed by atoms with E-state index < -0.39 is 7.92 Å². The summed E-state index contributed by atoms with van der Waals surface area (Å²) in [6.45, 7) is 5.82. The average molecular weight is 459 g/mol. The van der Waals surface area contributed by atoms with Crippen LogP contribution in [0.15, 0.2) is 91.0 Å². The molecule has 2 nitrogen and oxygen atoms in total. The van der Waals surface area contributed by atoms with Crippen LogP contribution in [0.25, 0.3) is 0 Å². The molecule has 0 aromatic heterocycles. The molecule has 0 spiro atoms. The normalized spacial score (nSPS) is 11.2. The van der Waals surface area contributed by atoms with Crippen molar-refractivity contribution in [2.75, 3.05) is 0 Å². The molecule has 156 valence electrons. The fourth-order valence-electron chi connectivity index (χ4n) is 3.06. The summed E-state index contributed by atoms with van der Waals surface area (Å²) in [5.41, 5.74) is 0. The second-order valence-electron chi connectivity index (χ2n) is 6.31. The quantitative estimate of drug-likeness (QED) is 0.222. The number of hydrogen-bond donors (Lipinski definition) is 0. The van der Waals surface area contributed by atoms with Crippen molar-refractivity contribution in [3.05, 3.63) is 97.6 Å². The third-order valence-corrected chi connectivity index (χ3v) is 6.74. The molecular weight excluding hydrogens is 431 g/mol. The van der Waals surface area contributed by atoms with Gasteiger partial charge >= 0.3 is 28.4 Å². The first kappa shape index (κ1) is 28.0. The first-order chi connectivity index (χ1) is 14.4. The number of benzene rings is 3. The number of hydrogen-bond acceptors (Lipinski definition) is 1. The van der Waals surface area contributed by atoms with E-state index in [-0.39, 0.29) is 17.1 Å². The summed E-state index contributed by atoms with van der Waals surface area (Å²) >= 11 is 0. The number of rotatable bonds is 3. The topological polar surface area (TPSA) is 37.0 Å². The molecule has 0 unspecified atom stereocenters. The van der Waals surface area contributed by atoms with E-state index in [2.05, 4.69) is 97.6 Å². The molecule has 0 aliphatic heterocycles. The maximum absolute atomic E-state index is 8.68. The summed E-state index contributed by atoms with van der Waals surface area (Å²) in [6.07, 6.45) is 9.00. The van der Waals surface area contributed by atoms with Crippen molar-refractivity contribution in [3.8, 4) is 0 Å². The van der Waals surface area contributed by atoms with Gasteiger partial charge in [0.15, 0.2) is 0 Å². The molecule has 0 saturated heterocycles. The van der Waals surface area contributed by atoms with Crippen LogP contribution in [0.1, 0.15) is 39.0 Å². The smallest absolute Gasteiger partial charge is 0.0622 e. The molecule has 1 aliphatic carbocycles. The Hall–Kier alpha value is -1.98. The zero-order chi connectivity index (χ0) is 21.2. The Morgan fingerprint density at radius 2 is 0.833 bits per heavy atom. The van der Waals surface area contributed by atoms with Gasteiger partial charge in [-0.1, -0.05) is 123 Å². The Balaban J connectivity index is 0.000000643. The third kappa shape index (κ3) is 10.7. The van der Waals surface area contributed by atoms with E-state index in [4.69, 9.17) is 9.45 Å². The van der Waals surface area contributed by atoms with Crippen LogP contribution in [-0.4, -0.2) is 6.29 Å². The summed E-state index contributed by atoms with van der Waals surface area (Å²) in [7, 11) is -0.446. The SMILES string of the molecule is C1CCCC1.C[C-]=O.[C-]#[O+].[Fe+2].c1ccc(P(c2ccccc2)c2ccccc2)cc1. The maximum atomic E-state index is 8.68. The summed E-state index contributed by atoms with van der Waals surface area (Å²) in [6, 6.07) is 32.3. The molecule has 1 aliphatic rings. The van der Waals surface area contributed by atoms with Crippen molar-refractivity contribution in [2.45, 2.75) is 39.0 Å². The van der Waals surface area contributed by atoms with Crippen LogP contribution in [0.2, 0.25) is 0 Å². The van der Waals surface area contributed by atoms with Gasteiger partial charge < -0.3 is 4.79 Å². The predicted molar refractivity (Wildman–Crippen MR) is 124 cm³/mol. The molecule has 0 N–H and O–H groups in total. The van der Waals surface area contributed by atoms with Crippen molar-refractivity contribution in [2.24, 2.45) is 0 Å². The van der Waals surface area contributed by atoms with Crippen molar-refractivity contribution < 1.29 is 26.5 Å². The Labute approximate surface area is 193 Å². The van der Waals surface area contributed by atoms with Gasteiger partial charge in [-0.3, -0.25) is 6.29 Å². The van der Waals surface area contributed by atoms with E-state index in [1.807, 2.05) is 0 Å². The van der Waals surface area contributed by atoms with Gasteiger partial charge in [-0.05, 0) is 23.8 Å². The van der Waals surface area contributed by atoms with Crippen molar-refractivity contribution >= 4 is 30.1 Å². The molecule has 3 aromatic rings. The van der Waals surface area contributed by atoms with Crippen LogP contribution >= 0.6 is 7.92 Å². The minimum atomic E-state index is -0.446. The molecular formula is C26H28FeO2P+. The van der Waals surface area contributed by atoms with Gasteiger partial charge in [0.05, 0.1) is 0 Å². The van der Waals surface area contributed by atoms with E-state index in [1.165, 1.54) is 61.2 Å². The first-order valence-corrected chi connectivity index (χ1v) is 11.2. The molecule has 0 heterocycles. The van der Waals surface area contributed by atoms with Crippen LogP contribution in [0.4, 0.5) is 0 Å². The van der Waals surface area contributed by atoms with Gasteiger partial charge in [0, 0.05) is 0 Å². The monoisotopic (exact) mass is 459 g/mol. The molecule has 4 rings (SSSR count). The average Bonchev–Trinajstić information content (AvgIpc) is 3.39. The van der Waals surface area contributed by atoms with Crippen molar-refractivity contribution in [1.29, 1.82) is 0 Å². The molecule has 0 bridgehead atoms. The van der Waals surface area contributed by atoms with E-state index in [0.29, 0.717) is 0 Å². The zero-order valence-electron chi connectivity index (χ0n) is 17.3. The molecule has 0 amide bonds. The second-order valence-corrected chi connectivity index (χ2v) is 8.53. The largest absolute Gasteiger partial charge is 2.00 e. The fourth-order valence-corrected chi connectivity index (χ4v) is 5.37. The summed E-state index contributed by atoms with van der Waals surface area (Å²) in [5.74, 6) is 0. The molecule has 1 saturated carbocycles. The van der Waals surface area contributed by atoms with Crippen LogP contribution < -0.4 is 15.9 Å². The Bertz CT molecular complexity index is 687. The van der Waals surface area contributed by atoms with Gasteiger partial charge in [-0.15, -0.1) is 0 Å². The molecule has 0 radical (unpaired) electrons. The molecule has 4 heteroatoms. The van der Waals surface area contributed by atoms with Crippen LogP contribution in [0.5, 0.6) is 0 Å². The number of carbonyl (C=O) groups excluding carboxylic acids is 1. The van der Waals surface area contributed by atoms with Gasteiger partial charge in [-0.25, -0.2) is 0 Å². The Kier molecular flexibility index (Phi) is 17.8. The summed E-state index contributed by atoms with van der Waals surface area (Å²) in [5, 5.41) is 4.19. The van der Waals surface area contributed by atoms with Gasteiger partial charge in [0.25, 0.3) is 0 Å². The fraction of sp³-hybridized carbons (Fsp3) is 0.231. The van der Waals surface area contributed by atoms with E-state index >= 15 is 0 Å². The van der Waals surface area contributed by atoms with E-state index in [9.17, 15) is 0 Å². The maximum Gasteiger partial charge on any atom is 2.00 e. The van der Waals surface area contributed by atoms with Crippen LogP contribution in [0, 0.1) is 6.65 Å². The first-order valence-electron chi connectivity index (χ1n) is 9.81.